The number of rotatable bonds is 4. The summed E-state index contributed by atoms with van der Waals surface area (Å²) in [6.45, 7) is 2.98. The van der Waals surface area contributed by atoms with Crippen molar-refractivity contribution in [3.8, 4) is 0 Å². The molecule has 1 aliphatic rings. The van der Waals surface area contributed by atoms with Crippen LogP contribution < -0.4 is 5.32 Å². The third-order valence-corrected chi connectivity index (χ3v) is 2.97. The molecule has 0 aliphatic carbocycles. The molecule has 0 aromatic carbocycles. The van der Waals surface area contributed by atoms with E-state index in [-0.39, 0.29) is 0 Å². The first kappa shape index (κ1) is 10.6. The maximum atomic E-state index is 5.03. The summed E-state index contributed by atoms with van der Waals surface area (Å²) in [5.74, 6) is 1.71. The van der Waals surface area contributed by atoms with Crippen molar-refractivity contribution in [2.24, 2.45) is 0 Å². The molecule has 2 rings (SSSR count). The van der Waals surface area contributed by atoms with Gasteiger partial charge in [-0.25, -0.2) is 4.98 Å². The van der Waals surface area contributed by atoms with Gasteiger partial charge in [-0.3, -0.25) is 0 Å². The Bertz CT molecular complexity index is 292. The fourth-order valence-electron chi connectivity index (χ4n) is 2.04. The number of nitrogens with zero attached hydrogens (tertiary/aromatic N) is 1. The SMILES string of the molecule is COCCc1ncc(C2CCNCC2)[nH]1. The highest BCUT2D eigenvalue weighted by atomic mass is 16.5. The van der Waals surface area contributed by atoms with E-state index in [1.54, 1.807) is 7.11 Å². The van der Waals surface area contributed by atoms with Gasteiger partial charge in [0.05, 0.1) is 6.61 Å². The van der Waals surface area contributed by atoms with Crippen LogP contribution in [0.1, 0.15) is 30.3 Å². The van der Waals surface area contributed by atoms with Gasteiger partial charge in [0.2, 0.25) is 0 Å². The minimum Gasteiger partial charge on any atom is -0.384 e. The second-order valence-electron chi connectivity index (χ2n) is 4.05. The van der Waals surface area contributed by atoms with Gasteiger partial charge in [0.25, 0.3) is 0 Å². The van der Waals surface area contributed by atoms with Crippen LogP contribution in [-0.4, -0.2) is 36.8 Å². The van der Waals surface area contributed by atoms with Crippen LogP contribution in [-0.2, 0) is 11.2 Å². The van der Waals surface area contributed by atoms with E-state index < -0.39 is 0 Å². The van der Waals surface area contributed by atoms with Crippen LogP contribution >= 0.6 is 0 Å². The molecule has 0 atom stereocenters. The molecule has 0 radical (unpaired) electrons. The summed E-state index contributed by atoms with van der Waals surface area (Å²) in [5, 5.41) is 3.37. The molecule has 15 heavy (non-hydrogen) atoms. The first-order valence-corrected chi connectivity index (χ1v) is 5.63. The Kier molecular flexibility index (Phi) is 3.75. The average molecular weight is 209 g/mol. The van der Waals surface area contributed by atoms with Crippen molar-refractivity contribution in [1.82, 2.24) is 15.3 Å². The van der Waals surface area contributed by atoms with E-state index >= 15 is 0 Å². The van der Waals surface area contributed by atoms with Gasteiger partial charge in [-0.1, -0.05) is 0 Å². The van der Waals surface area contributed by atoms with Crippen LogP contribution in [0.4, 0.5) is 0 Å². The van der Waals surface area contributed by atoms with E-state index in [2.05, 4.69) is 15.3 Å². The number of H-pyrrole nitrogens is 1. The van der Waals surface area contributed by atoms with Gasteiger partial charge >= 0.3 is 0 Å². The van der Waals surface area contributed by atoms with Gasteiger partial charge in [0.15, 0.2) is 0 Å². The number of methoxy groups -OCH3 is 1. The largest absolute Gasteiger partial charge is 0.384 e. The molecule has 0 spiro atoms. The summed E-state index contributed by atoms with van der Waals surface area (Å²) in [5.41, 5.74) is 1.29. The second kappa shape index (κ2) is 5.28. The van der Waals surface area contributed by atoms with Crippen molar-refractivity contribution in [3.63, 3.8) is 0 Å². The predicted octanol–water partition coefficient (Wildman–Crippen LogP) is 1.07. The Morgan fingerprint density at radius 1 is 1.47 bits per heavy atom. The quantitative estimate of drug-likeness (QED) is 0.779. The number of ether oxygens (including phenoxy) is 1. The minimum atomic E-state index is 0.662. The molecule has 1 saturated heterocycles. The number of aromatic amines is 1. The van der Waals surface area contributed by atoms with Gasteiger partial charge < -0.3 is 15.0 Å². The number of aromatic nitrogens is 2. The van der Waals surface area contributed by atoms with E-state index in [1.807, 2.05) is 6.20 Å². The molecule has 0 amide bonds. The zero-order chi connectivity index (χ0) is 10.5. The van der Waals surface area contributed by atoms with E-state index in [0.717, 1.165) is 31.9 Å². The number of nitrogens with one attached hydrogen (secondary N) is 2. The highest BCUT2D eigenvalue weighted by molar-refractivity contribution is 5.09. The number of hydrogen-bond donors (Lipinski definition) is 2. The van der Waals surface area contributed by atoms with Crippen LogP contribution in [0.15, 0.2) is 6.20 Å². The standard InChI is InChI=1S/C11H19N3O/c1-15-7-4-11-13-8-10(14-11)9-2-5-12-6-3-9/h8-9,12H,2-7H2,1H3,(H,13,14). The summed E-state index contributed by atoms with van der Waals surface area (Å²) < 4.78 is 5.03. The van der Waals surface area contributed by atoms with Crippen molar-refractivity contribution >= 4 is 0 Å². The molecule has 0 bridgehead atoms. The van der Waals surface area contributed by atoms with Crippen molar-refractivity contribution in [3.05, 3.63) is 17.7 Å². The average Bonchev–Trinajstić information content (AvgIpc) is 2.76. The Balaban J connectivity index is 1.93. The second-order valence-corrected chi connectivity index (χ2v) is 4.05. The predicted molar refractivity (Wildman–Crippen MR) is 59.0 cm³/mol. The molecular formula is C11H19N3O. The lowest BCUT2D eigenvalue weighted by Crippen LogP contribution is -2.26. The topological polar surface area (TPSA) is 49.9 Å². The first-order chi connectivity index (χ1) is 7.40. The maximum Gasteiger partial charge on any atom is 0.108 e. The lowest BCUT2D eigenvalue weighted by Gasteiger charge is -2.21. The van der Waals surface area contributed by atoms with Gasteiger partial charge in [-0.2, -0.15) is 0 Å². The summed E-state index contributed by atoms with van der Waals surface area (Å²) in [6, 6.07) is 0. The monoisotopic (exact) mass is 209 g/mol. The van der Waals surface area contributed by atoms with E-state index in [0.29, 0.717) is 5.92 Å². The smallest absolute Gasteiger partial charge is 0.108 e. The lowest BCUT2D eigenvalue weighted by atomic mass is 9.95. The van der Waals surface area contributed by atoms with Crippen molar-refractivity contribution in [2.75, 3.05) is 26.8 Å². The number of piperidine rings is 1. The van der Waals surface area contributed by atoms with Crippen molar-refractivity contribution in [2.45, 2.75) is 25.2 Å². The molecular weight excluding hydrogens is 190 g/mol. The van der Waals surface area contributed by atoms with Gasteiger partial charge in [-0.05, 0) is 25.9 Å². The van der Waals surface area contributed by atoms with Crippen LogP contribution in [0, 0.1) is 0 Å². The van der Waals surface area contributed by atoms with E-state index in [9.17, 15) is 0 Å². The molecule has 84 valence electrons. The van der Waals surface area contributed by atoms with E-state index in [1.165, 1.54) is 18.5 Å². The fraction of sp³-hybridized carbons (Fsp3) is 0.727. The molecule has 0 saturated carbocycles. The molecule has 1 fully saturated rings. The summed E-state index contributed by atoms with van der Waals surface area (Å²) in [6.07, 6.45) is 5.29. The summed E-state index contributed by atoms with van der Waals surface area (Å²) >= 11 is 0. The van der Waals surface area contributed by atoms with Crippen LogP contribution in [0.25, 0.3) is 0 Å². The Morgan fingerprint density at radius 3 is 3.00 bits per heavy atom. The molecule has 4 heteroatoms. The third-order valence-electron chi connectivity index (χ3n) is 2.97. The van der Waals surface area contributed by atoms with Gasteiger partial charge in [0, 0.05) is 31.3 Å². The molecule has 2 N–H and O–H groups in total. The Labute approximate surface area is 90.4 Å². The summed E-state index contributed by atoms with van der Waals surface area (Å²) in [7, 11) is 1.72. The molecule has 1 aliphatic heterocycles. The lowest BCUT2D eigenvalue weighted by molar-refractivity contribution is 0.200. The number of imidazole rings is 1. The van der Waals surface area contributed by atoms with E-state index in [4.69, 9.17) is 4.74 Å². The van der Waals surface area contributed by atoms with Crippen molar-refractivity contribution in [1.29, 1.82) is 0 Å². The van der Waals surface area contributed by atoms with Crippen molar-refractivity contribution < 1.29 is 4.74 Å². The molecule has 4 nitrogen and oxygen atoms in total. The molecule has 2 heterocycles. The fourth-order valence-corrected chi connectivity index (χ4v) is 2.04. The normalized spacial score (nSPS) is 18.2. The Morgan fingerprint density at radius 2 is 2.27 bits per heavy atom. The highest BCUT2D eigenvalue weighted by Gasteiger charge is 2.16. The molecule has 1 aromatic rings. The third kappa shape index (κ3) is 2.79. The molecule has 0 unspecified atom stereocenters. The van der Waals surface area contributed by atoms with Gasteiger partial charge in [-0.15, -0.1) is 0 Å². The van der Waals surface area contributed by atoms with Crippen LogP contribution in [0.3, 0.4) is 0 Å². The molecule has 1 aromatic heterocycles. The Hall–Kier alpha value is -0.870. The summed E-state index contributed by atoms with van der Waals surface area (Å²) in [4.78, 5) is 7.77. The first-order valence-electron chi connectivity index (χ1n) is 5.63. The zero-order valence-electron chi connectivity index (χ0n) is 9.25. The zero-order valence-corrected chi connectivity index (χ0v) is 9.25. The highest BCUT2D eigenvalue weighted by Crippen LogP contribution is 2.23. The van der Waals surface area contributed by atoms with Crippen LogP contribution in [0.5, 0.6) is 0 Å². The maximum absolute atomic E-state index is 5.03. The van der Waals surface area contributed by atoms with Crippen LogP contribution in [0.2, 0.25) is 0 Å². The van der Waals surface area contributed by atoms with Gasteiger partial charge in [0.1, 0.15) is 5.82 Å². The number of hydrogen-bond acceptors (Lipinski definition) is 3. The minimum absolute atomic E-state index is 0.662.